The number of nitrogens with one attached hydrogen (secondary N) is 1. The van der Waals surface area contributed by atoms with Gasteiger partial charge >= 0.3 is 0 Å². The largest absolute Gasteiger partial charge is 0.494 e. The van der Waals surface area contributed by atoms with Crippen LogP contribution in [0.5, 0.6) is 5.75 Å². The zero-order valence-corrected chi connectivity index (χ0v) is 24.7. The predicted molar refractivity (Wildman–Crippen MR) is 158 cm³/mol. The zero-order valence-electron chi connectivity index (χ0n) is 23.9. The summed E-state index contributed by atoms with van der Waals surface area (Å²) in [6.45, 7) is 7.92. The molecule has 1 atom stereocenters. The summed E-state index contributed by atoms with van der Waals surface area (Å²) in [5.41, 5.74) is 1.20. The van der Waals surface area contributed by atoms with E-state index in [1.807, 2.05) is 51.1 Å². The second-order valence-electron chi connectivity index (χ2n) is 10.0. The number of anilines is 1. The third kappa shape index (κ3) is 8.78. The van der Waals surface area contributed by atoms with Gasteiger partial charge in [-0.15, -0.1) is 0 Å². The topological polar surface area (TPSA) is 96.0 Å². The molecule has 0 aromatic heterocycles. The molecule has 0 spiro atoms. The molecule has 0 fully saturated rings. The monoisotopic (exact) mass is 583 g/mol. The van der Waals surface area contributed by atoms with Crippen molar-refractivity contribution < 1.29 is 27.1 Å². The fourth-order valence-electron chi connectivity index (χ4n) is 4.16. The van der Waals surface area contributed by atoms with E-state index in [0.717, 1.165) is 34.1 Å². The van der Waals surface area contributed by atoms with E-state index in [1.54, 1.807) is 31.2 Å². The Labute approximate surface area is 242 Å². The minimum atomic E-state index is -4.28. The fourth-order valence-corrected chi connectivity index (χ4v) is 5.57. The van der Waals surface area contributed by atoms with E-state index in [0.29, 0.717) is 25.3 Å². The Morgan fingerprint density at radius 1 is 0.927 bits per heavy atom. The molecule has 3 aromatic rings. The molecule has 220 valence electrons. The van der Waals surface area contributed by atoms with Gasteiger partial charge in [0.05, 0.1) is 17.2 Å². The van der Waals surface area contributed by atoms with Crippen LogP contribution in [0.25, 0.3) is 0 Å². The molecule has 2 amide bonds. The first-order chi connectivity index (χ1) is 19.5. The van der Waals surface area contributed by atoms with Gasteiger partial charge < -0.3 is 15.0 Å². The van der Waals surface area contributed by atoms with Crippen molar-refractivity contribution in [2.45, 2.75) is 45.1 Å². The first-order valence-corrected chi connectivity index (χ1v) is 15.1. The lowest BCUT2D eigenvalue weighted by Crippen LogP contribution is -2.52. The van der Waals surface area contributed by atoms with E-state index in [-0.39, 0.29) is 29.0 Å². The highest BCUT2D eigenvalue weighted by molar-refractivity contribution is 7.92. The number of sulfonamides is 1. The Hall–Kier alpha value is -3.92. The SMILES string of the molecule is CCOc1ccc(N(CC(=O)N(CCc2ccccc2)C(C)C(=O)NCC(C)C)S(=O)(=O)c2ccc(F)cc2)cc1. The van der Waals surface area contributed by atoms with E-state index in [1.165, 1.54) is 4.90 Å². The average molecular weight is 584 g/mol. The Morgan fingerprint density at radius 3 is 2.15 bits per heavy atom. The molecule has 3 rings (SSSR count). The first kappa shape index (κ1) is 31.6. The maximum absolute atomic E-state index is 13.9. The van der Waals surface area contributed by atoms with Crippen LogP contribution in [0, 0.1) is 11.7 Å². The quantitative estimate of drug-likeness (QED) is 0.298. The number of benzene rings is 3. The molecule has 0 saturated heterocycles. The number of ether oxygens (including phenoxy) is 1. The fraction of sp³-hybridized carbons (Fsp3) is 0.355. The molecule has 1 unspecified atom stereocenters. The van der Waals surface area contributed by atoms with Gasteiger partial charge in [0.2, 0.25) is 11.8 Å². The van der Waals surface area contributed by atoms with Crippen LogP contribution < -0.4 is 14.4 Å². The van der Waals surface area contributed by atoms with E-state index in [4.69, 9.17) is 4.74 Å². The van der Waals surface area contributed by atoms with Crippen LogP contribution in [-0.4, -0.2) is 57.4 Å². The van der Waals surface area contributed by atoms with Crippen molar-refractivity contribution in [3.63, 3.8) is 0 Å². The lowest BCUT2D eigenvalue weighted by molar-refractivity contribution is -0.138. The number of hydrogen-bond acceptors (Lipinski definition) is 5. The van der Waals surface area contributed by atoms with Crippen molar-refractivity contribution in [1.29, 1.82) is 0 Å². The Balaban J connectivity index is 1.97. The number of carbonyl (C=O) groups excluding carboxylic acids is 2. The van der Waals surface area contributed by atoms with Crippen molar-refractivity contribution in [1.82, 2.24) is 10.2 Å². The van der Waals surface area contributed by atoms with Gasteiger partial charge in [0, 0.05) is 13.1 Å². The number of nitrogens with zero attached hydrogens (tertiary/aromatic N) is 2. The summed E-state index contributed by atoms with van der Waals surface area (Å²) in [6.07, 6.45) is 0.474. The molecule has 0 radical (unpaired) electrons. The molecule has 8 nitrogen and oxygen atoms in total. The summed E-state index contributed by atoms with van der Waals surface area (Å²) in [5, 5.41) is 2.87. The Kier molecular flexibility index (Phi) is 11.3. The van der Waals surface area contributed by atoms with Crippen LogP contribution in [0.2, 0.25) is 0 Å². The van der Waals surface area contributed by atoms with Gasteiger partial charge in [0.1, 0.15) is 24.2 Å². The molecule has 0 aliphatic carbocycles. The lowest BCUT2D eigenvalue weighted by atomic mass is 10.1. The second kappa shape index (κ2) is 14.6. The Bertz CT molecular complexity index is 1380. The summed E-state index contributed by atoms with van der Waals surface area (Å²) >= 11 is 0. The third-order valence-corrected chi connectivity index (χ3v) is 8.24. The molecule has 3 aromatic carbocycles. The molecule has 0 aliphatic rings. The summed E-state index contributed by atoms with van der Waals surface area (Å²) in [5.74, 6) is -0.694. The molecule has 0 aliphatic heterocycles. The molecular formula is C31H38FN3O5S. The van der Waals surface area contributed by atoms with E-state index in [9.17, 15) is 22.4 Å². The molecule has 41 heavy (non-hydrogen) atoms. The number of carbonyl (C=O) groups is 2. The summed E-state index contributed by atoms with van der Waals surface area (Å²) < 4.78 is 47.7. The van der Waals surface area contributed by atoms with Gasteiger partial charge in [0.25, 0.3) is 10.0 Å². The van der Waals surface area contributed by atoms with Crippen molar-refractivity contribution in [3.05, 3.63) is 90.2 Å². The van der Waals surface area contributed by atoms with Crippen LogP contribution in [0.1, 0.15) is 33.3 Å². The van der Waals surface area contributed by atoms with Crippen LogP contribution in [0.4, 0.5) is 10.1 Å². The maximum Gasteiger partial charge on any atom is 0.264 e. The number of halogens is 1. The standard InChI is InChI=1S/C31H38FN3O5S/c1-5-40-28-15-13-27(14-16-28)35(41(38,39)29-17-11-26(32)12-18-29)22-30(36)34(20-19-25-9-7-6-8-10-25)24(4)31(37)33-21-23(2)3/h6-18,23-24H,5,19-22H2,1-4H3,(H,33,37). The Morgan fingerprint density at radius 2 is 1.56 bits per heavy atom. The van der Waals surface area contributed by atoms with E-state index in [2.05, 4.69) is 5.32 Å². The zero-order chi connectivity index (χ0) is 30.0. The highest BCUT2D eigenvalue weighted by atomic mass is 32.2. The highest BCUT2D eigenvalue weighted by Crippen LogP contribution is 2.26. The normalized spacial score (nSPS) is 12.0. The molecule has 0 bridgehead atoms. The summed E-state index contributed by atoms with van der Waals surface area (Å²) in [6, 6.07) is 19.4. The number of hydrogen-bond donors (Lipinski definition) is 1. The molecule has 0 saturated carbocycles. The first-order valence-electron chi connectivity index (χ1n) is 13.6. The summed E-state index contributed by atoms with van der Waals surface area (Å²) in [4.78, 5) is 28.2. The smallest absolute Gasteiger partial charge is 0.264 e. The van der Waals surface area contributed by atoms with Gasteiger partial charge in [-0.05, 0) is 80.3 Å². The van der Waals surface area contributed by atoms with Crippen molar-refractivity contribution in [3.8, 4) is 5.75 Å². The summed E-state index contributed by atoms with van der Waals surface area (Å²) in [7, 11) is -4.28. The van der Waals surface area contributed by atoms with Crippen LogP contribution in [-0.2, 0) is 26.0 Å². The number of rotatable bonds is 14. The highest BCUT2D eigenvalue weighted by Gasteiger charge is 2.32. The van der Waals surface area contributed by atoms with E-state index >= 15 is 0 Å². The minimum Gasteiger partial charge on any atom is -0.494 e. The maximum atomic E-state index is 13.9. The minimum absolute atomic E-state index is 0.167. The van der Waals surface area contributed by atoms with Crippen LogP contribution in [0.3, 0.4) is 0 Å². The van der Waals surface area contributed by atoms with Gasteiger partial charge in [-0.1, -0.05) is 44.2 Å². The molecule has 10 heteroatoms. The van der Waals surface area contributed by atoms with Gasteiger partial charge in [-0.2, -0.15) is 0 Å². The predicted octanol–water partition coefficient (Wildman–Crippen LogP) is 4.65. The average Bonchev–Trinajstić information content (AvgIpc) is 2.96. The van der Waals surface area contributed by atoms with Crippen molar-refractivity contribution in [2.24, 2.45) is 5.92 Å². The van der Waals surface area contributed by atoms with Crippen LogP contribution in [0.15, 0.2) is 83.8 Å². The van der Waals surface area contributed by atoms with E-state index < -0.39 is 34.3 Å². The molecule has 1 N–H and O–H groups in total. The van der Waals surface area contributed by atoms with Crippen molar-refractivity contribution in [2.75, 3.05) is 30.5 Å². The second-order valence-corrected chi connectivity index (χ2v) is 11.9. The molecular weight excluding hydrogens is 545 g/mol. The van der Waals surface area contributed by atoms with Crippen molar-refractivity contribution >= 4 is 27.5 Å². The van der Waals surface area contributed by atoms with Gasteiger partial charge in [-0.3, -0.25) is 13.9 Å². The molecule has 0 heterocycles. The van der Waals surface area contributed by atoms with Gasteiger partial charge in [0.15, 0.2) is 0 Å². The number of amides is 2. The van der Waals surface area contributed by atoms with Gasteiger partial charge in [-0.25, -0.2) is 12.8 Å². The third-order valence-electron chi connectivity index (χ3n) is 6.45. The lowest BCUT2D eigenvalue weighted by Gasteiger charge is -2.32. The van der Waals surface area contributed by atoms with Crippen LogP contribution >= 0.6 is 0 Å².